The van der Waals surface area contributed by atoms with Crippen LogP contribution in [0.5, 0.6) is 0 Å². The van der Waals surface area contributed by atoms with E-state index in [4.69, 9.17) is 11.6 Å². The number of anilines is 1. The molecule has 0 saturated heterocycles. The summed E-state index contributed by atoms with van der Waals surface area (Å²) in [6.45, 7) is 1.96. The van der Waals surface area contributed by atoms with Gasteiger partial charge in [0, 0.05) is 17.8 Å². The number of aromatic nitrogens is 2. The molecule has 9 heteroatoms. The van der Waals surface area contributed by atoms with Crippen molar-refractivity contribution in [3.05, 3.63) is 79.8 Å². The van der Waals surface area contributed by atoms with E-state index in [1.54, 1.807) is 30.3 Å². The summed E-state index contributed by atoms with van der Waals surface area (Å²) in [5.74, 6) is -0.373. The van der Waals surface area contributed by atoms with E-state index >= 15 is 0 Å². The van der Waals surface area contributed by atoms with Crippen LogP contribution in [0.1, 0.15) is 25.9 Å². The summed E-state index contributed by atoms with van der Waals surface area (Å²) in [4.78, 5) is 22.5. The summed E-state index contributed by atoms with van der Waals surface area (Å²) in [5.41, 5.74) is 2.42. The molecule has 0 bridgehead atoms. The van der Waals surface area contributed by atoms with Crippen molar-refractivity contribution in [1.82, 2.24) is 10.2 Å². The van der Waals surface area contributed by atoms with Crippen LogP contribution in [0.3, 0.4) is 0 Å². The third-order valence-corrected chi connectivity index (χ3v) is 4.89. The first kappa shape index (κ1) is 18.7. The molecule has 1 N–H and O–H groups in total. The first-order chi connectivity index (χ1) is 12.9. The fourth-order valence-corrected chi connectivity index (χ4v) is 3.06. The highest BCUT2D eigenvalue weighted by molar-refractivity contribution is 7.15. The Bertz CT molecular complexity index is 1010. The number of non-ortho nitro benzene ring substituents is 1. The summed E-state index contributed by atoms with van der Waals surface area (Å²) >= 11 is 7.30. The van der Waals surface area contributed by atoms with E-state index in [0.717, 1.165) is 16.9 Å². The Balaban J connectivity index is 1.72. The van der Waals surface area contributed by atoms with Crippen molar-refractivity contribution in [2.24, 2.45) is 0 Å². The largest absolute Gasteiger partial charge is 0.320 e. The SMILES string of the molecule is Cc1ccc(NC(=O)c2nnc(/C(Cl)=C/c3ccc([N+](=O)[O-])cc3)s2)cc1. The monoisotopic (exact) mass is 400 g/mol. The Kier molecular flexibility index (Phi) is 5.58. The molecular weight excluding hydrogens is 388 g/mol. The first-order valence-electron chi connectivity index (χ1n) is 7.76. The fraction of sp³-hybridized carbons (Fsp3) is 0.0556. The summed E-state index contributed by atoms with van der Waals surface area (Å²) in [7, 11) is 0. The lowest BCUT2D eigenvalue weighted by molar-refractivity contribution is -0.384. The molecule has 27 heavy (non-hydrogen) atoms. The van der Waals surface area contributed by atoms with Crippen LogP contribution in [-0.2, 0) is 0 Å². The van der Waals surface area contributed by atoms with Crippen LogP contribution < -0.4 is 5.32 Å². The number of amides is 1. The highest BCUT2D eigenvalue weighted by atomic mass is 35.5. The number of aryl methyl sites for hydroxylation is 1. The highest BCUT2D eigenvalue weighted by Gasteiger charge is 2.15. The molecule has 0 fully saturated rings. The molecule has 1 amide bonds. The molecule has 136 valence electrons. The van der Waals surface area contributed by atoms with Gasteiger partial charge in [-0.2, -0.15) is 0 Å². The number of rotatable bonds is 5. The summed E-state index contributed by atoms with van der Waals surface area (Å²) in [6, 6.07) is 13.3. The molecule has 0 spiro atoms. The standard InChI is InChI=1S/C18H13ClN4O3S/c1-11-2-6-13(7-3-11)20-16(24)18-22-21-17(27-18)15(19)10-12-4-8-14(9-5-12)23(25)26/h2-10H,1H3,(H,20,24)/b15-10-. The maximum Gasteiger partial charge on any atom is 0.286 e. The van der Waals surface area contributed by atoms with Gasteiger partial charge in [-0.25, -0.2) is 0 Å². The molecule has 0 saturated carbocycles. The molecule has 0 aliphatic heterocycles. The first-order valence-corrected chi connectivity index (χ1v) is 8.95. The molecule has 0 atom stereocenters. The predicted octanol–water partition coefficient (Wildman–Crippen LogP) is 4.74. The fourth-order valence-electron chi connectivity index (χ4n) is 2.13. The molecule has 1 aromatic heterocycles. The van der Waals surface area contributed by atoms with Gasteiger partial charge in [0.1, 0.15) is 0 Å². The van der Waals surface area contributed by atoms with E-state index in [0.29, 0.717) is 16.3 Å². The van der Waals surface area contributed by atoms with Gasteiger partial charge < -0.3 is 5.32 Å². The van der Waals surface area contributed by atoms with E-state index in [9.17, 15) is 14.9 Å². The Morgan fingerprint density at radius 3 is 2.37 bits per heavy atom. The Labute approximate surface area is 163 Å². The molecule has 0 radical (unpaired) electrons. The van der Waals surface area contributed by atoms with Crippen molar-refractivity contribution in [3.63, 3.8) is 0 Å². The lowest BCUT2D eigenvalue weighted by Crippen LogP contribution is -2.11. The molecule has 2 aromatic carbocycles. The lowest BCUT2D eigenvalue weighted by atomic mass is 10.2. The van der Waals surface area contributed by atoms with Gasteiger partial charge in [-0.05, 0) is 42.8 Å². The molecule has 0 aliphatic rings. The van der Waals surface area contributed by atoms with Crippen molar-refractivity contribution in [2.75, 3.05) is 5.32 Å². The number of nitro benzene ring substituents is 1. The number of nitro groups is 1. The second-order valence-electron chi connectivity index (χ2n) is 5.57. The van der Waals surface area contributed by atoms with Crippen molar-refractivity contribution < 1.29 is 9.72 Å². The number of nitrogens with zero attached hydrogens (tertiary/aromatic N) is 3. The van der Waals surface area contributed by atoms with Gasteiger partial charge in [0.25, 0.3) is 11.6 Å². The number of benzene rings is 2. The molecular formula is C18H13ClN4O3S. The lowest BCUT2D eigenvalue weighted by Gasteiger charge is -2.02. The average molecular weight is 401 g/mol. The maximum absolute atomic E-state index is 12.3. The minimum Gasteiger partial charge on any atom is -0.320 e. The topological polar surface area (TPSA) is 98.0 Å². The van der Waals surface area contributed by atoms with Crippen LogP contribution in [0.4, 0.5) is 11.4 Å². The molecule has 0 unspecified atom stereocenters. The van der Waals surface area contributed by atoms with Crippen LogP contribution in [0.25, 0.3) is 11.1 Å². The third-order valence-electron chi connectivity index (χ3n) is 3.53. The number of nitrogens with one attached hydrogen (secondary N) is 1. The summed E-state index contributed by atoms with van der Waals surface area (Å²) in [5, 5.41) is 22.1. The minimum atomic E-state index is -0.473. The van der Waals surface area contributed by atoms with Gasteiger partial charge in [0.15, 0.2) is 5.01 Å². The number of hydrogen-bond donors (Lipinski definition) is 1. The summed E-state index contributed by atoms with van der Waals surface area (Å²) in [6.07, 6.45) is 1.60. The Morgan fingerprint density at radius 2 is 1.74 bits per heavy atom. The van der Waals surface area contributed by atoms with E-state index in [1.165, 1.54) is 12.1 Å². The van der Waals surface area contributed by atoms with Crippen LogP contribution in [0.15, 0.2) is 48.5 Å². The zero-order valence-corrected chi connectivity index (χ0v) is 15.6. The summed E-state index contributed by atoms with van der Waals surface area (Å²) < 4.78 is 0. The van der Waals surface area contributed by atoms with Gasteiger partial charge >= 0.3 is 0 Å². The van der Waals surface area contributed by atoms with E-state index in [2.05, 4.69) is 15.5 Å². The second kappa shape index (κ2) is 8.07. The van der Waals surface area contributed by atoms with Gasteiger partial charge in [-0.1, -0.05) is 40.6 Å². The third kappa shape index (κ3) is 4.75. The minimum absolute atomic E-state index is 0.00532. The van der Waals surface area contributed by atoms with E-state index < -0.39 is 4.92 Å². The number of carbonyl (C=O) groups is 1. The van der Waals surface area contributed by atoms with E-state index in [1.807, 2.05) is 19.1 Å². The maximum atomic E-state index is 12.3. The number of hydrogen-bond acceptors (Lipinski definition) is 6. The van der Waals surface area contributed by atoms with Gasteiger partial charge in [-0.15, -0.1) is 10.2 Å². The van der Waals surface area contributed by atoms with Gasteiger partial charge in [0.05, 0.1) is 9.96 Å². The molecule has 3 rings (SSSR count). The van der Waals surface area contributed by atoms with Gasteiger partial charge in [0.2, 0.25) is 5.01 Å². The van der Waals surface area contributed by atoms with Crippen LogP contribution in [0, 0.1) is 17.0 Å². The van der Waals surface area contributed by atoms with Crippen LogP contribution >= 0.6 is 22.9 Å². The zero-order valence-electron chi connectivity index (χ0n) is 14.0. The van der Waals surface area contributed by atoms with Crippen LogP contribution in [-0.4, -0.2) is 21.0 Å². The van der Waals surface area contributed by atoms with Crippen molar-refractivity contribution >= 4 is 51.3 Å². The van der Waals surface area contributed by atoms with Crippen molar-refractivity contribution in [1.29, 1.82) is 0 Å². The average Bonchev–Trinajstić information content (AvgIpc) is 3.14. The Morgan fingerprint density at radius 1 is 1.11 bits per heavy atom. The molecule has 1 heterocycles. The highest BCUT2D eigenvalue weighted by Crippen LogP contribution is 2.26. The smallest absolute Gasteiger partial charge is 0.286 e. The molecule has 3 aromatic rings. The molecule has 7 nitrogen and oxygen atoms in total. The van der Waals surface area contributed by atoms with Crippen LogP contribution in [0.2, 0.25) is 0 Å². The predicted molar refractivity (Wildman–Crippen MR) is 106 cm³/mol. The molecule has 0 aliphatic carbocycles. The van der Waals surface area contributed by atoms with Crippen molar-refractivity contribution in [3.8, 4) is 0 Å². The zero-order chi connectivity index (χ0) is 19.4. The Hall–Kier alpha value is -3.10. The van der Waals surface area contributed by atoms with Gasteiger partial charge in [-0.3, -0.25) is 14.9 Å². The number of halogens is 1. The number of carbonyl (C=O) groups excluding carboxylic acids is 1. The van der Waals surface area contributed by atoms with E-state index in [-0.39, 0.29) is 21.6 Å². The second-order valence-corrected chi connectivity index (χ2v) is 6.96. The quantitative estimate of drug-likeness (QED) is 0.492. The normalized spacial score (nSPS) is 11.3. The van der Waals surface area contributed by atoms with Crippen molar-refractivity contribution in [2.45, 2.75) is 6.92 Å².